The topological polar surface area (TPSA) is 133 Å². The van der Waals surface area contributed by atoms with E-state index in [9.17, 15) is 14.8 Å². The van der Waals surface area contributed by atoms with Crippen molar-refractivity contribution in [2.45, 2.75) is 46.0 Å². The second-order valence-corrected chi connectivity index (χ2v) is 6.86. The average molecular weight is 409 g/mol. The van der Waals surface area contributed by atoms with Crippen molar-refractivity contribution in [2.24, 2.45) is 5.92 Å². The molecular weight excluding hydrogens is 378 g/mol. The predicted octanol–water partition coefficient (Wildman–Crippen LogP) is 0.758. The number of hydrazine groups is 1. The molecule has 1 aliphatic rings. The molecule has 11 nitrogen and oxygen atoms in total. The van der Waals surface area contributed by atoms with Gasteiger partial charge in [-0.05, 0) is 6.42 Å². The second-order valence-electron chi connectivity index (χ2n) is 6.86. The molecule has 1 aliphatic heterocycles. The van der Waals surface area contributed by atoms with E-state index in [1.54, 1.807) is 0 Å². The van der Waals surface area contributed by atoms with Gasteiger partial charge in [-0.3, -0.25) is 25.6 Å². The normalized spacial score (nSPS) is 14.9. The molecule has 1 saturated heterocycles. The fourth-order valence-electron chi connectivity index (χ4n) is 2.96. The van der Waals surface area contributed by atoms with Gasteiger partial charge in [-0.25, -0.2) is 5.06 Å². The number of anilines is 2. The lowest BCUT2D eigenvalue weighted by Crippen LogP contribution is -2.41. The number of nitrogens with one attached hydrogen (secondary N) is 2. The number of aromatic nitrogens is 3. The molecule has 29 heavy (non-hydrogen) atoms. The van der Waals surface area contributed by atoms with Crippen molar-refractivity contribution >= 4 is 24.2 Å². The molecule has 162 valence electrons. The molecule has 1 atom stereocenters. The van der Waals surface area contributed by atoms with Gasteiger partial charge in [0, 0.05) is 19.5 Å². The van der Waals surface area contributed by atoms with Crippen molar-refractivity contribution < 1.29 is 19.5 Å². The van der Waals surface area contributed by atoms with Crippen LogP contribution in [0.5, 0.6) is 0 Å². The molecule has 0 aliphatic carbocycles. The average Bonchev–Trinajstić information content (AvgIpc) is 2.77. The van der Waals surface area contributed by atoms with E-state index in [4.69, 9.17) is 4.74 Å². The molecule has 0 spiro atoms. The van der Waals surface area contributed by atoms with Gasteiger partial charge in [0.15, 0.2) is 0 Å². The predicted molar refractivity (Wildman–Crippen MR) is 106 cm³/mol. The van der Waals surface area contributed by atoms with E-state index in [1.165, 1.54) is 0 Å². The van der Waals surface area contributed by atoms with Gasteiger partial charge in [0.1, 0.15) is 5.82 Å². The lowest BCUT2D eigenvalue weighted by molar-refractivity contribution is -0.154. The van der Waals surface area contributed by atoms with Crippen molar-refractivity contribution in [3.05, 3.63) is 5.82 Å². The molecule has 1 aromatic heterocycles. The minimum Gasteiger partial charge on any atom is -0.378 e. The number of aryl methyl sites for hydroxylation is 1. The van der Waals surface area contributed by atoms with Crippen LogP contribution in [0.25, 0.3) is 0 Å². The van der Waals surface area contributed by atoms with Crippen LogP contribution in [0.4, 0.5) is 11.9 Å². The summed E-state index contributed by atoms with van der Waals surface area (Å²) in [4.78, 5) is 38.5. The van der Waals surface area contributed by atoms with E-state index >= 15 is 0 Å². The zero-order chi connectivity index (χ0) is 21.1. The van der Waals surface area contributed by atoms with Crippen LogP contribution >= 0.6 is 0 Å². The molecule has 0 saturated carbocycles. The third-order valence-corrected chi connectivity index (χ3v) is 4.63. The summed E-state index contributed by atoms with van der Waals surface area (Å²) in [5, 5.41) is 9.98. The molecule has 0 unspecified atom stereocenters. The summed E-state index contributed by atoms with van der Waals surface area (Å²) in [5.41, 5.74) is 5.35. The summed E-state index contributed by atoms with van der Waals surface area (Å²) >= 11 is 0. The van der Waals surface area contributed by atoms with Crippen LogP contribution < -0.4 is 15.8 Å². The highest BCUT2D eigenvalue weighted by molar-refractivity contribution is 5.80. The number of morpholine rings is 1. The summed E-state index contributed by atoms with van der Waals surface area (Å²) in [6.45, 7) is 6.55. The lowest BCUT2D eigenvalue weighted by atomic mass is 10.0. The maximum atomic E-state index is 12.6. The Hall–Kier alpha value is -2.53. The van der Waals surface area contributed by atoms with E-state index < -0.39 is 5.92 Å². The number of rotatable bonds is 12. The molecule has 2 rings (SSSR count). The van der Waals surface area contributed by atoms with Gasteiger partial charge in [0.2, 0.25) is 24.2 Å². The first-order valence-corrected chi connectivity index (χ1v) is 10.1. The minimum absolute atomic E-state index is 0.0723. The quantitative estimate of drug-likeness (QED) is 0.198. The first-order chi connectivity index (χ1) is 14.1. The second kappa shape index (κ2) is 12.1. The van der Waals surface area contributed by atoms with Crippen LogP contribution in [-0.4, -0.2) is 70.4 Å². The summed E-state index contributed by atoms with van der Waals surface area (Å²) in [5.74, 6) is 0.512. The fourth-order valence-corrected chi connectivity index (χ4v) is 2.96. The monoisotopic (exact) mass is 409 g/mol. The molecule has 1 aromatic rings. The van der Waals surface area contributed by atoms with E-state index in [0.717, 1.165) is 19.3 Å². The number of nitrogens with zero attached hydrogens (tertiary/aromatic N) is 5. The maximum Gasteiger partial charge on any atom is 0.246 e. The van der Waals surface area contributed by atoms with E-state index in [-0.39, 0.29) is 18.4 Å². The number of unbranched alkanes of at least 4 members (excludes halogenated alkanes) is 2. The summed E-state index contributed by atoms with van der Waals surface area (Å²) in [6, 6.07) is 0. The zero-order valence-electron chi connectivity index (χ0n) is 17.1. The van der Waals surface area contributed by atoms with Gasteiger partial charge >= 0.3 is 0 Å². The Morgan fingerprint density at radius 2 is 2.03 bits per heavy atom. The highest BCUT2D eigenvalue weighted by Crippen LogP contribution is 2.14. The van der Waals surface area contributed by atoms with Gasteiger partial charge in [-0.2, -0.15) is 15.0 Å². The number of carbonyl (C=O) groups is 2. The summed E-state index contributed by atoms with van der Waals surface area (Å²) in [6.07, 6.45) is 4.29. The molecular formula is C18H31N7O4. The van der Waals surface area contributed by atoms with Crippen LogP contribution in [0, 0.1) is 5.92 Å². The lowest BCUT2D eigenvalue weighted by Gasteiger charge is -2.27. The Labute approximate surface area is 170 Å². The number of hydrogen-bond donors (Lipinski definition) is 3. The maximum absolute atomic E-state index is 12.6. The minimum atomic E-state index is -0.546. The molecule has 11 heteroatoms. The van der Waals surface area contributed by atoms with Crippen LogP contribution in [0.3, 0.4) is 0 Å². The van der Waals surface area contributed by atoms with Crippen LogP contribution in [-0.2, 0) is 20.7 Å². The highest BCUT2D eigenvalue weighted by Gasteiger charge is 2.21. The van der Waals surface area contributed by atoms with Crippen molar-refractivity contribution in [3.8, 4) is 0 Å². The van der Waals surface area contributed by atoms with Gasteiger partial charge < -0.3 is 9.64 Å². The van der Waals surface area contributed by atoms with Gasteiger partial charge in [-0.1, -0.05) is 33.1 Å². The van der Waals surface area contributed by atoms with Gasteiger partial charge in [0.05, 0.1) is 25.7 Å². The Kier molecular flexibility index (Phi) is 9.51. The van der Waals surface area contributed by atoms with Crippen molar-refractivity contribution in [2.75, 3.05) is 43.2 Å². The van der Waals surface area contributed by atoms with Crippen molar-refractivity contribution in [1.29, 1.82) is 0 Å². The first kappa shape index (κ1) is 22.8. The third kappa shape index (κ3) is 7.42. The Balaban J connectivity index is 2.02. The zero-order valence-corrected chi connectivity index (χ0v) is 17.1. The molecule has 2 amide bonds. The van der Waals surface area contributed by atoms with Crippen molar-refractivity contribution in [1.82, 2.24) is 25.4 Å². The summed E-state index contributed by atoms with van der Waals surface area (Å²) in [7, 11) is 0. The van der Waals surface area contributed by atoms with Gasteiger partial charge in [-0.15, -0.1) is 0 Å². The fraction of sp³-hybridized carbons (Fsp3) is 0.722. The number of hydroxylamine groups is 2. The SMILES string of the molecule is CCCCC[C@@H](CN(O)C=O)C(=O)NNc1nc(CC)nc(N2CCOCC2)n1. The van der Waals surface area contributed by atoms with E-state index in [0.29, 0.717) is 62.4 Å². The standard InChI is InChI=1S/C18H31N7O4/c1-3-5-6-7-14(12-25(28)13-26)16(27)22-23-17-19-15(4-2)20-18(21-17)24-8-10-29-11-9-24/h13-14,28H,3-12H2,1-2H3,(H,22,27)(H,19,20,21,23)/t14-/m0/s1. The van der Waals surface area contributed by atoms with E-state index in [2.05, 4.69) is 32.7 Å². The number of amides is 2. The smallest absolute Gasteiger partial charge is 0.246 e. The number of hydrogen-bond acceptors (Lipinski definition) is 9. The molecule has 0 bridgehead atoms. The summed E-state index contributed by atoms with van der Waals surface area (Å²) < 4.78 is 5.36. The Bertz CT molecular complexity index is 655. The van der Waals surface area contributed by atoms with Crippen LogP contribution in [0.15, 0.2) is 0 Å². The van der Waals surface area contributed by atoms with Crippen LogP contribution in [0.2, 0.25) is 0 Å². The third-order valence-electron chi connectivity index (χ3n) is 4.63. The molecule has 1 fully saturated rings. The van der Waals surface area contributed by atoms with E-state index in [1.807, 2.05) is 11.8 Å². The Morgan fingerprint density at radius 3 is 2.69 bits per heavy atom. The molecule has 3 N–H and O–H groups in total. The molecule has 0 radical (unpaired) electrons. The van der Waals surface area contributed by atoms with Crippen LogP contribution in [0.1, 0.15) is 45.4 Å². The molecule has 2 heterocycles. The van der Waals surface area contributed by atoms with Crippen molar-refractivity contribution in [3.63, 3.8) is 0 Å². The highest BCUT2D eigenvalue weighted by atomic mass is 16.5. The number of carbonyl (C=O) groups excluding carboxylic acids is 2. The largest absolute Gasteiger partial charge is 0.378 e. The van der Waals surface area contributed by atoms with Gasteiger partial charge in [0.25, 0.3) is 0 Å². The Morgan fingerprint density at radius 1 is 1.28 bits per heavy atom. The molecule has 0 aromatic carbocycles. The first-order valence-electron chi connectivity index (χ1n) is 10.1. The number of ether oxygens (including phenoxy) is 1.